The van der Waals surface area contributed by atoms with E-state index in [0.717, 1.165) is 63.0 Å². The third-order valence-electron chi connectivity index (χ3n) is 5.49. The van der Waals surface area contributed by atoms with Crippen molar-refractivity contribution in [3.8, 4) is 0 Å². The highest BCUT2D eigenvalue weighted by molar-refractivity contribution is 6.31. The third kappa shape index (κ3) is 5.35. The number of imidazole rings is 1. The number of carbonyl (C=O) groups is 1. The number of carboxylic acids is 1. The van der Waals surface area contributed by atoms with E-state index >= 15 is 0 Å². The zero-order valence-corrected chi connectivity index (χ0v) is 16.9. The molecule has 166 valence electrons. The molecule has 0 saturated carbocycles. The second-order valence-corrected chi connectivity index (χ2v) is 7.81. The number of carboxylic acid groups (broad SMARTS) is 1. The Balaban J connectivity index is 0.000000318. The van der Waals surface area contributed by atoms with Gasteiger partial charge in [0.25, 0.3) is 0 Å². The second kappa shape index (κ2) is 9.40. The maximum Gasteiger partial charge on any atom is 0.490 e. The number of nitrogens with zero attached hydrogens (tertiary/aromatic N) is 2. The quantitative estimate of drug-likeness (QED) is 0.733. The van der Waals surface area contributed by atoms with E-state index in [2.05, 4.69) is 9.88 Å². The van der Waals surface area contributed by atoms with Gasteiger partial charge in [0.1, 0.15) is 0 Å². The van der Waals surface area contributed by atoms with E-state index in [-0.39, 0.29) is 11.7 Å². The highest BCUT2D eigenvalue weighted by Crippen LogP contribution is 2.28. The smallest absolute Gasteiger partial charge is 0.475 e. The maximum atomic E-state index is 12.4. The minimum atomic E-state index is -5.08. The number of ether oxygens (including phenoxy) is 1. The molecule has 0 radical (unpaired) electrons. The SMILES string of the molecule is O=C(O)C(F)(F)F.O=c1[nH]c2ccc(Cl)cc2n1C1CCN(C2CCOCC2)CC1. The average molecular weight is 450 g/mol. The van der Waals surface area contributed by atoms with Crippen LogP contribution in [0.4, 0.5) is 13.2 Å². The van der Waals surface area contributed by atoms with Crippen LogP contribution in [-0.4, -0.2) is 64.0 Å². The predicted molar refractivity (Wildman–Crippen MR) is 105 cm³/mol. The van der Waals surface area contributed by atoms with Crippen molar-refractivity contribution in [3.05, 3.63) is 33.7 Å². The summed E-state index contributed by atoms with van der Waals surface area (Å²) in [7, 11) is 0. The van der Waals surface area contributed by atoms with Crippen LogP contribution < -0.4 is 5.69 Å². The van der Waals surface area contributed by atoms with Crippen LogP contribution in [0.15, 0.2) is 23.0 Å². The maximum absolute atomic E-state index is 12.4. The van der Waals surface area contributed by atoms with Gasteiger partial charge in [-0.25, -0.2) is 9.59 Å². The summed E-state index contributed by atoms with van der Waals surface area (Å²) in [5.41, 5.74) is 1.77. The number of aromatic amines is 1. The largest absolute Gasteiger partial charge is 0.490 e. The van der Waals surface area contributed by atoms with Crippen molar-refractivity contribution in [2.45, 2.75) is 43.9 Å². The number of piperidine rings is 1. The molecular formula is C19H23ClF3N3O4. The number of aromatic nitrogens is 2. The Kier molecular flexibility index (Phi) is 7.10. The Bertz CT molecular complexity index is 929. The Labute approximate surface area is 175 Å². The Hall–Kier alpha value is -2.04. The number of H-pyrrole nitrogens is 1. The van der Waals surface area contributed by atoms with Gasteiger partial charge < -0.3 is 19.7 Å². The van der Waals surface area contributed by atoms with Gasteiger partial charge in [0.05, 0.1) is 11.0 Å². The highest BCUT2D eigenvalue weighted by atomic mass is 35.5. The van der Waals surface area contributed by atoms with E-state index in [0.29, 0.717) is 11.1 Å². The summed E-state index contributed by atoms with van der Waals surface area (Å²) >= 11 is 6.11. The van der Waals surface area contributed by atoms with Crippen LogP contribution in [0.5, 0.6) is 0 Å². The molecule has 2 aliphatic heterocycles. The normalized spacial score (nSPS) is 19.5. The van der Waals surface area contributed by atoms with E-state index in [1.54, 1.807) is 0 Å². The lowest BCUT2D eigenvalue weighted by Crippen LogP contribution is -2.45. The number of halogens is 4. The first kappa shape index (κ1) is 22.6. The number of hydrogen-bond donors (Lipinski definition) is 2. The lowest BCUT2D eigenvalue weighted by atomic mass is 9.99. The van der Waals surface area contributed by atoms with Crippen molar-refractivity contribution in [3.63, 3.8) is 0 Å². The zero-order valence-electron chi connectivity index (χ0n) is 16.1. The Morgan fingerprint density at radius 1 is 1.13 bits per heavy atom. The van der Waals surface area contributed by atoms with E-state index in [9.17, 15) is 18.0 Å². The Morgan fingerprint density at radius 3 is 2.30 bits per heavy atom. The molecule has 3 heterocycles. The molecule has 0 aliphatic carbocycles. The molecule has 11 heteroatoms. The molecule has 0 bridgehead atoms. The van der Waals surface area contributed by atoms with Gasteiger partial charge in [0.15, 0.2) is 0 Å². The molecule has 2 aliphatic rings. The van der Waals surface area contributed by atoms with Gasteiger partial charge in [0, 0.05) is 43.4 Å². The van der Waals surface area contributed by atoms with Crippen molar-refractivity contribution < 1.29 is 27.8 Å². The van der Waals surface area contributed by atoms with Crippen molar-refractivity contribution >= 4 is 28.6 Å². The molecule has 1 aromatic heterocycles. The molecule has 2 aromatic rings. The summed E-state index contributed by atoms with van der Waals surface area (Å²) in [6, 6.07) is 6.49. The molecule has 2 fully saturated rings. The molecule has 30 heavy (non-hydrogen) atoms. The lowest BCUT2D eigenvalue weighted by molar-refractivity contribution is -0.192. The first-order chi connectivity index (χ1) is 14.2. The number of rotatable bonds is 2. The van der Waals surface area contributed by atoms with Gasteiger partial charge in [-0.1, -0.05) is 11.6 Å². The summed E-state index contributed by atoms with van der Waals surface area (Å²) < 4.78 is 39.1. The average Bonchev–Trinajstić information content (AvgIpc) is 3.03. The number of aliphatic carboxylic acids is 1. The van der Waals surface area contributed by atoms with Crippen molar-refractivity contribution in [1.29, 1.82) is 0 Å². The summed E-state index contributed by atoms with van der Waals surface area (Å²) in [6.07, 6.45) is -0.798. The van der Waals surface area contributed by atoms with Crippen molar-refractivity contribution in [2.24, 2.45) is 0 Å². The molecule has 4 rings (SSSR count). The third-order valence-corrected chi connectivity index (χ3v) is 5.73. The van der Waals surface area contributed by atoms with Gasteiger partial charge in [-0.3, -0.25) is 4.57 Å². The van der Waals surface area contributed by atoms with Gasteiger partial charge in [-0.2, -0.15) is 13.2 Å². The number of fused-ring (bicyclic) bond motifs is 1. The molecule has 0 amide bonds. The van der Waals surface area contributed by atoms with Crippen LogP contribution in [0.2, 0.25) is 5.02 Å². The fourth-order valence-corrected chi connectivity index (χ4v) is 4.18. The summed E-state index contributed by atoms with van der Waals surface area (Å²) in [4.78, 5) is 26.8. The van der Waals surface area contributed by atoms with Gasteiger partial charge in [-0.15, -0.1) is 0 Å². The number of alkyl halides is 3. The Morgan fingerprint density at radius 2 is 1.73 bits per heavy atom. The fraction of sp³-hybridized carbons (Fsp3) is 0.579. The molecule has 1 aromatic carbocycles. The van der Waals surface area contributed by atoms with Gasteiger partial charge in [0.2, 0.25) is 0 Å². The summed E-state index contributed by atoms with van der Waals surface area (Å²) in [5.74, 6) is -2.76. The second-order valence-electron chi connectivity index (χ2n) is 7.38. The van der Waals surface area contributed by atoms with Crippen LogP contribution in [-0.2, 0) is 9.53 Å². The molecular weight excluding hydrogens is 427 g/mol. The standard InChI is InChI=1S/C17H22ClN3O2.C2HF3O2/c18-12-1-2-15-16(11-12)21(17(22)19-15)14-3-7-20(8-4-14)13-5-9-23-10-6-13;3-2(4,5)1(6)7/h1-2,11,13-14H,3-10H2,(H,19,22);(H,6,7). The van der Waals surface area contributed by atoms with Crippen molar-refractivity contribution in [1.82, 2.24) is 14.5 Å². The topological polar surface area (TPSA) is 87.6 Å². The molecule has 2 N–H and O–H groups in total. The molecule has 2 saturated heterocycles. The molecule has 0 unspecified atom stereocenters. The van der Waals surface area contributed by atoms with E-state index < -0.39 is 12.1 Å². The summed E-state index contributed by atoms with van der Waals surface area (Å²) in [5, 5.41) is 7.80. The van der Waals surface area contributed by atoms with E-state index in [1.807, 2.05) is 22.8 Å². The highest BCUT2D eigenvalue weighted by Gasteiger charge is 2.38. The monoisotopic (exact) mass is 449 g/mol. The van der Waals surface area contributed by atoms with Crippen LogP contribution in [0, 0.1) is 0 Å². The molecule has 0 atom stereocenters. The lowest BCUT2D eigenvalue weighted by Gasteiger charge is -2.39. The van der Waals surface area contributed by atoms with Crippen LogP contribution in [0.1, 0.15) is 31.7 Å². The summed E-state index contributed by atoms with van der Waals surface area (Å²) in [6.45, 7) is 3.86. The predicted octanol–water partition coefficient (Wildman–Crippen LogP) is 3.43. The molecule has 7 nitrogen and oxygen atoms in total. The van der Waals surface area contributed by atoms with E-state index in [1.165, 1.54) is 0 Å². The fourth-order valence-electron chi connectivity index (χ4n) is 4.02. The molecule has 0 spiro atoms. The van der Waals surface area contributed by atoms with E-state index in [4.69, 9.17) is 26.2 Å². The number of likely N-dealkylation sites (tertiary alicyclic amines) is 1. The minimum Gasteiger partial charge on any atom is -0.475 e. The van der Waals surface area contributed by atoms with Crippen molar-refractivity contribution in [2.75, 3.05) is 26.3 Å². The zero-order chi connectivity index (χ0) is 21.9. The number of hydrogen-bond acceptors (Lipinski definition) is 4. The minimum absolute atomic E-state index is 0.0215. The first-order valence-corrected chi connectivity index (χ1v) is 10.1. The van der Waals surface area contributed by atoms with Crippen LogP contribution in [0.25, 0.3) is 11.0 Å². The first-order valence-electron chi connectivity index (χ1n) is 9.68. The number of benzene rings is 1. The van der Waals surface area contributed by atoms with Gasteiger partial charge in [-0.05, 0) is 43.9 Å². The van der Waals surface area contributed by atoms with Gasteiger partial charge >= 0.3 is 17.8 Å². The van der Waals surface area contributed by atoms with Crippen LogP contribution >= 0.6 is 11.6 Å². The van der Waals surface area contributed by atoms with Crippen LogP contribution in [0.3, 0.4) is 0 Å². The number of nitrogens with one attached hydrogen (secondary N) is 1.